The highest BCUT2D eigenvalue weighted by Crippen LogP contribution is 2.25. The van der Waals surface area contributed by atoms with Crippen LogP contribution in [-0.4, -0.2) is 84.2 Å². The molecular weight excluding hydrogens is 412 g/mol. The third-order valence-corrected chi connectivity index (χ3v) is 9.30. The quantitative estimate of drug-likeness (QED) is 0.713. The average Bonchev–Trinajstić information content (AvgIpc) is 3.05. The van der Waals surface area contributed by atoms with Crippen LogP contribution in [0.15, 0.2) is 12.3 Å². The van der Waals surface area contributed by atoms with Gasteiger partial charge in [-0.25, -0.2) is 17.7 Å². The minimum absolute atomic E-state index is 0.338. The normalized spacial score (nSPS) is 25.1. The van der Waals surface area contributed by atoms with E-state index in [4.69, 9.17) is 4.98 Å². The third kappa shape index (κ3) is 5.49. The van der Waals surface area contributed by atoms with Crippen molar-refractivity contribution in [3.8, 4) is 0 Å². The van der Waals surface area contributed by atoms with Gasteiger partial charge in [0.1, 0.15) is 5.82 Å². The Morgan fingerprint density at radius 2 is 1.71 bits per heavy atom. The summed E-state index contributed by atoms with van der Waals surface area (Å²) in [5.74, 6) is 1.76. The van der Waals surface area contributed by atoms with Crippen LogP contribution < -0.4 is 10.2 Å². The summed E-state index contributed by atoms with van der Waals surface area (Å²) >= 11 is 0. The molecule has 4 rings (SSSR count). The highest BCUT2D eigenvalue weighted by atomic mass is 32.2. The number of rotatable bonds is 6. The topological polar surface area (TPSA) is 81.7 Å². The zero-order valence-electron chi connectivity index (χ0n) is 19.0. The lowest BCUT2D eigenvalue weighted by Crippen LogP contribution is -2.48. The van der Waals surface area contributed by atoms with Crippen LogP contribution in [0, 0.1) is 0 Å². The van der Waals surface area contributed by atoms with Gasteiger partial charge in [0.05, 0.1) is 5.25 Å². The summed E-state index contributed by atoms with van der Waals surface area (Å²) in [6, 6.07) is 2.84. The first kappa shape index (κ1) is 22.7. The zero-order valence-corrected chi connectivity index (χ0v) is 19.9. The molecule has 0 spiro atoms. The van der Waals surface area contributed by atoms with Crippen molar-refractivity contribution in [2.45, 2.75) is 76.1 Å². The Bertz CT molecular complexity index is 817. The van der Waals surface area contributed by atoms with Crippen LogP contribution in [0.1, 0.15) is 58.8 Å². The smallest absolute Gasteiger partial charge is 0.224 e. The number of sulfonamides is 1. The van der Waals surface area contributed by atoms with E-state index in [0.717, 1.165) is 57.2 Å². The second kappa shape index (κ2) is 10.0. The first-order chi connectivity index (χ1) is 14.9. The first-order valence-electron chi connectivity index (χ1n) is 12.0. The lowest BCUT2D eigenvalue weighted by atomic mass is 10.1. The van der Waals surface area contributed by atoms with Crippen LogP contribution in [0.25, 0.3) is 0 Å². The molecule has 3 fully saturated rings. The van der Waals surface area contributed by atoms with E-state index >= 15 is 0 Å². The molecule has 0 aromatic carbocycles. The van der Waals surface area contributed by atoms with E-state index in [9.17, 15) is 8.42 Å². The van der Waals surface area contributed by atoms with E-state index in [1.807, 2.05) is 12.3 Å². The molecule has 1 unspecified atom stereocenters. The molecule has 0 aliphatic carbocycles. The maximum Gasteiger partial charge on any atom is 0.224 e. The average molecular weight is 451 g/mol. The van der Waals surface area contributed by atoms with Crippen LogP contribution in [0.4, 0.5) is 11.8 Å². The summed E-state index contributed by atoms with van der Waals surface area (Å²) in [4.78, 5) is 14.2. The monoisotopic (exact) mass is 450 g/mol. The van der Waals surface area contributed by atoms with Gasteiger partial charge >= 0.3 is 0 Å². The van der Waals surface area contributed by atoms with E-state index in [1.165, 1.54) is 25.7 Å². The van der Waals surface area contributed by atoms with Crippen LogP contribution >= 0.6 is 0 Å². The van der Waals surface area contributed by atoms with E-state index in [2.05, 4.69) is 20.1 Å². The summed E-state index contributed by atoms with van der Waals surface area (Å²) < 4.78 is 26.5. The van der Waals surface area contributed by atoms with Gasteiger partial charge in [-0.15, -0.1) is 0 Å². The largest absolute Gasteiger partial charge is 0.356 e. The standard InChI is InChI=1S/C22H38N6O2S/c1-18(2)31(29,30)28-15-9-20(10-16-28)27-14-8-19(17-27)24-22-23-11-7-21(25-22)26-12-5-3-4-6-13-26/h7,11,18-20H,3-6,8-10,12-17H2,1-2H3,(H,23,24,25). The highest BCUT2D eigenvalue weighted by molar-refractivity contribution is 7.89. The van der Waals surface area contributed by atoms with Crippen molar-refractivity contribution in [3.63, 3.8) is 0 Å². The number of hydrogen-bond acceptors (Lipinski definition) is 7. The Morgan fingerprint density at radius 1 is 1.00 bits per heavy atom. The van der Waals surface area contributed by atoms with Crippen molar-refractivity contribution < 1.29 is 8.42 Å². The Kier molecular flexibility index (Phi) is 7.33. The maximum atomic E-state index is 12.4. The molecule has 8 nitrogen and oxygen atoms in total. The predicted molar refractivity (Wildman–Crippen MR) is 125 cm³/mol. The molecule has 174 valence electrons. The summed E-state index contributed by atoms with van der Waals surface area (Å²) in [6.07, 6.45) is 9.87. The fourth-order valence-corrected chi connectivity index (χ4v) is 6.39. The van der Waals surface area contributed by atoms with Crippen molar-refractivity contribution in [1.29, 1.82) is 0 Å². The van der Waals surface area contributed by atoms with E-state index < -0.39 is 10.0 Å². The molecule has 31 heavy (non-hydrogen) atoms. The van der Waals surface area contributed by atoms with Crippen LogP contribution in [0.5, 0.6) is 0 Å². The van der Waals surface area contributed by atoms with Crippen LogP contribution in [0.3, 0.4) is 0 Å². The number of hydrogen-bond donors (Lipinski definition) is 1. The van der Waals surface area contributed by atoms with Crippen LogP contribution in [0.2, 0.25) is 0 Å². The van der Waals surface area contributed by atoms with Gasteiger partial charge in [0.2, 0.25) is 16.0 Å². The van der Waals surface area contributed by atoms with Gasteiger partial charge in [-0.2, -0.15) is 4.98 Å². The van der Waals surface area contributed by atoms with E-state index in [-0.39, 0.29) is 5.25 Å². The van der Waals surface area contributed by atoms with Gasteiger partial charge in [-0.05, 0) is 52.0 Å². The molecule has 1 atom stereocenters. The van der Waals surface area contributed by atoms with Crippen molar-refractivity contribution in [1.82, 2.24) is 19.2 Å². The lowest BCUT2D eigenvalue weighted by Gasteiger charge is -2.36. The van der Waals surface area contributed by atoms with Gasteiger partial charge in [-0.1, -0.05) is 12.8 Å². The molecule has 0 radical (unpaired) electrons. The number of nitrogens with one attached hydrogen (secondary N) is 1. The molecule has 4 heterocycles. The van der Waals surface area contributed by atoms with E-state index in [1.54, 1.807) is 18.2 Å². The van der Waals surface area contributed by atoms with Crippen molar-refractivity contribution >= 4 is 21.8 Å². The maximum absolute atomic E-state index is 12.4. The summed E-state index contributed by atoms with van der Waals surface area (Å²) in [5.41, 5.74) is 0. The number of nitrogens with zero attached hydrogens (tertiary/aromatic N) is 5. The molecule has 0 bridgehead atoms. The van der Waals surface area contributed by atoms with E-state index in [0.29, 0.717) is 25.2 Å². The van der Waals surface area contributed by atoms with Crippen molar-refractivity contribution in [2.75, 3.05) is 49.5 Å². The fourth-order valence-electron chi connectivity index (χ4n) is 5.07. The fraction of sp³-hybridized carbons (Fsp3) is 0.818. The molecule has 9 heteroatoms. The van der Waals surface area contributed by atoms with Gasteiger partial charge in [0, 0.05) is 57.5 Å². The second-order valence-electron chi connectivity index (χ2n) is 9.49. The number of anilines is 2. The highest BCUT2D eigenvalue weighted by Gasteiger charge is 2.35. The predicted octanol–water partition coefficient (Wildman–Crippen LogP) is 2.55. The van der Waals surface area contributed by atoms with Crippen molar-refractivity contribution in [2.24, 2.45) is 0 Å². The van der Waals surface area contributed by atoms with Gasteiger partial charge in [0.25, 0.3) is 0 Å². The molecule has 1 aromatic rings. The summed E-state index contributed by atoms with van der Waals surface area (Å²) in [7, 11) is -3.13. The second-order valence-corrected chi connectivity index (χ2v) is 12.0. The minimum Gasteiger partial charge on any atom is -0.356 e. The number of aromatic nitrogens is 2. The minimum atomic E-state index is -3.13. The molecule has 3 aliphatic rings. The van der Waals surface area contributed by atoms with Crippen molar-refractivity contribution in [3.05, 3.63) is 12.3 Å². The molecule has 1 N–H and O–H groups in total. The van der Waals surface area contributed by atoms with Gasteiger partial charge < -0.3 is 10.2 Å². The molecule has 1 aromatic heterocycles. The first-order valence-corrected chi connectivity index (χ1v) is 13.5. The Labute approximate surface area is 187 Å². The number of likely N-dealkylation sites (tertiary alicyclic amines) is 1. The lowest BCUT2D eigenvalue weighted by molar-refractivity contribution is 0.166. The molecule has 3 saturated heterocycles. The zero-order chi connectivity index (χ0) is 21.8. The molecule has 0 saturated carbocycles. The Morgan fingerprint density at radius 3 is 2.39 bits per heavy atom. The van der Waals surface area contributed by atoms with Crippen LogP contribution in [-0.2, 0) is 10.0 Å². The molecule has 3 aliphatic heterocycles. The third-order valence-electron chi connectivity index (χ3n) is 7.02. The van der Waals surface area contributed by atoms with Gasteiger partial charge in [0.15, 0.2) is 0 Å². The van der Waals surface area contributed by atoms with Gasteiger partial charge in [-0.3, -0.25) is 4.90 Å². The molecular formula is C22H38N6O2S. The molecule has 0 amide bonds. The number of piperidine rings is 1. The summed E-state index contributed by atoms with van der Waals surface area (Å²) in [6.45, 7) is 8.99. The SMILES string of the molecule is CC(C)S(=O)(=O)N1CCC(N2CCC(Nc3nccc(N4CCCCCC4)n3)C2)CC1. The Hall–Kier alpha value is -1.45. The Balaban J connectivity index is 1.29. The summed E-state index contributed by atoms with van der Waals surface area (Å²) in [5, 5.41) is 3.22.